The largest absolute Gasteiger partial charge is 0.379 e. The lowest BCUT2D eigenvalue weighted by atomic mass is 9.93. The predicted molar refractivity (Wildman–Crippen MR) is 107 cm³/mol. The Hall–Kier alpha value is -1.55. The van der Waals surface area contributed by atoms with Crippen LogP contribution in [0.4, 0.5) is 4.39 Å². The Morgan fingerprint density at radius 3 is 2.52 bits per heavy atom. The van der Waals surface area contributed by atoms with Crippen molar-refractivity contribution in [2.45, 2.75) is 37.1 Å². The number of nitrogens with zero attached hydrogens (tertiary/aromatic N) is 2. The van der Waals surface area contributed by atoms with Crippen LogP contribution in [0, 0.1) is 11.7 Å². The number of piperidine rings is 1. The van der Waals surface area contributed by atoms with E-state index in [-0.39, 0.29) is 5.91 Å². The number of carbonyl (C=O) groups excluding carboxylic acids is 1. The first-order valence-corrected chi connectivity index (χ1v) is 11.7. The second-order valence-corrected chi connectivity index (χ2v) is 9.47. The molecule has 1 atom stereocenters. The van der Waals surface area contributed by atoms with E-state index in [1.165, 1.54) is 25.1 Å². The third-order valence-electron chi connectivity index (χ3n) is 5.71. The molecule has 0 aliphatic carbocycles. The molecule has 2 aliphatic rings. The smallest absolute Gasteiger partial charge is 0.244 e. The number of morpholine rings is 1. The molecule has 2 aliphatic heterocycles. The number of sulfonamides is 1. The van der Waals surface area contributed by atoms with Gasteiger partial charge in [0.1, 0.15) is 10.7 Å². The van der Waals surface area contributed by atoms with E-state index in [0.29, 0.717) is 19.0 Å². The molecular formula is C20H30FN3O4S. The standard InChI is InChI=1S/C20H30FN3O4S/c1-16(22-29(26,27)19-5-3-2-4-18(19)21)20(25)24-10-7-17(8-11-24)6-9-23-12-14-28-15-13-23/h2-5,16-17,22H,6-15H2,1H3/t16-/m0/s1. The molecule has 0 saturated carbocycles. The second kappa shape index (κ2) is 9.97. The van der Waals surface area contributed by atoms with E-state index >= 15 is 0 Å². The molecule has 9 heteroatoms. The fourth-order valence-corrected chi connectivity index (χ4v) is 5.19. The van der Waals surface area contributed by atoms with Crippen LogP contribution < -0.4 is 4.72 Å². The molecule has 1 amide bonds. The Balaban J connectivity index is 1.46. The highest BCUT2D eigenvalue weighted by molar-refractivity contribution is 7.89. The van der Waals surface area contributed by atoms with E-state index in [1.54, 1.807) is 4.90 Å². The van der Waals surface area contributed by atoms with Crippen molar-refractivity contribution in [1.82, 2.24) is 14.5 Å². The maximum absolute atomic E-state index is 13.8. The zero-order valence-electron chi connectivity index (χ0n) is 16.8. The first-order chi connectivity index (χ1) is 13.9. The van der Waals surface area contributed by atoms with Crippen LogP contribution in [-0.2, 0) is 19.6 Å². The van der Waals surface area contributed by atoms with Crippen LogP contribution in [0.25, 0.3) is 0 Å². The Bertz CT molecular complexity index is 791. The summed E-state index contributed by atoms with van der Waals surface area (Å²) in [5.74, 6) is -0.524. The summed E-state index contributed by atoms with van der Waals surface area (Å²) in [7, 11) is -4.09. The number of hydrogen-bond donors (Lipinski definition) is 1. The van der Waals surface area contributed by atoms with Gasteiger partial charge in [0.25, 0.3) is 0 Å². The lowest BCUT2D eigenvalue weighted by Gasteiger charge is -2.35. The number of benzene rings is 1. The molecule has 162 valence electrons. The molecule has 3 rings (SSSR count). The number of rotatable bonds is 7. The number of carbonyl (C=O) groups is 1. The minimum atomic E-state index is -4.09. The number of hydrogen-bond acceptors (Lipinski definition) is 5. The summed E-state index contributed by atoms with van der Waals surface area (Å²) in [5.41, 5.74) is 0. The van der Waals surface area contributed by atoms with Crippen LogP contribution in [0.2, 0.25) is 0 Å². The van der Waals surface area contributed by atoms with Gasteiger partial charge in [-0.05, 0) is 50.8 Å². The molecule has 0 bridgehead atoms. The molecule has 29 heavy (non-hydrogen) atoms. The molecule has 2 saturated heterocycles. The summed E-state index contributed by atoms with van der Waals surface area (Å²) in [6.07, 6.45) is 2.95. The van der Waals surface area contributed by atoms with Gasteiger partial charge in [-0.3, -0.25) is 9.69 Å². The number of ether oxygens (including phenoxy) is 1. The van der Waals surface area contributed by atoms with Gasteiger partial charge in [0.05, 0.1) is 19.3 Å². The van der Waals surface area contributed by atoms with Crippen LogP contribution in [0.15, 0.2) is 29.2 Å². The molecule has 0 spiro atoms. The highest BCUT2D eigenvalue weighted by Crippen LogP contribution is 2.22. The summed E-state index contributed by atoms with van der Waals surface area (Å²) in [6, 6.07) is 4.21. The normalized spacial score (nSPS) is 20.6. The van der Waals surface area contributed by atoms with Gasteiger partial charge in [-0.2, -0.15) is 4.72 Å². The zero-order valence-corrected chi connectivity index (χ0v) is 17.7. The number of amides is 1. The monoisotopic (exact) mass is 427 g/mol. The van der Waals surface area contributed by atoms with Crippen LogP contribution in [0.1, 0.15) is 26.2 Å². The van der Waals surface area contributed by atoms with Gasteiger partial charge in [-0.25, -0.2) is 12.8 Å². The first kappa shape index (κ1) is 22.1. The van der Waals surface area contributed by atoms with E-state index < -0.39 is 26.8 Å². The van der Waals surface area contributed by atoms with E-state index in [0.717, 1.165) is 58.2 Å². The molecule has 1 aromatic rings. The van der Waals surface area contributed by atoms with Gasteiger partial charge in [0.2, 0.25) is 15.9 Å². The van der Waals surface area contributed by atoms with Crippen molar-refractivity contribution < 1.29 is 22.3 Å². The third kappa shape index (κ3) is 5.97. The number of halogens is 1. The van der Waals surface area contributed by atoms with Crippen LogP contribution in [0.3, 0.4) is 0 Å². The second-order valence-electron chi connectivity index (χ2n) is 7.78. The minimum Gasteiger partial charge on any atom is -0.379 e. The van der Waals surface area contributed by atoms with Crippen molar-refractivity contribution in [3.63, 3.8) is 0 Å². The molecule has 1 aromatic carbocycles. The van der Waals surface area contributed by atoms with E-state index in [1.807, 2.05) is 0 Å². The van der Waals surface area contributed by atoms with Gasteiger partial charge in [-0.1, -0.05) is 12.1 Å². The van der Waals surface area contributed by atoms with Crippen LogP contribution in [0.5, 0.6) is 0 Å². The summed E-state index contributed by atoms with van der Waals surface area (Å²) in [5, 5.41) is 0. The molecule has 7 nitrogen and oxygen atoms in total. The van der Waals surface area contributed by atoms with Crippen molar-refractivity contribution in [2.24, 2.45) is 5.92 Å². The van der Waals surface area contributed by atoms with Gasteiger partial charge in [0.15, 0.2) is 0 Å². The summed E-state index contributed by atoms with van der Waals surface area (Å²) >= 11 is 0. The van der Waals surface area contributed by atoms with E-state index in [4.69, 9.17) is 4.74 Å². The van der Waals surface area contributed by atoms with Crippen molar-refractivity contribution in [3.05, 3.63) is 30.1 Å². The van der Waals surface area contributed by atoms with Gasteiger partial charge in [-0.15, -0.1) is 0 Å². The van der Waals surface area contributed by atoms with Crippen molar-refractivity contribution in [2.75, 3.05) is 45.9 Å². The molecule has 0 radical (unpaired) electrons. The fourth-order valence-electron chi connectivity index (χ4n) is 3.92. The van der Waals surface area contributed by atoms with Crippen molar-refractivity contribution >= 4 is 15.9 Å². The zero-order chi connectivity index (χ0) is 20.9. The Kier molecular flexibility index (Phi) is 7.61. The maximum Gasteiger partial charge on any atom is 0.244 e. The van der Waals surface area contributed by atoms with Gasteiger partial charge >= 0.3 is 0 Å². The Morgan fingerprint density at radius 2 is 1.86 bits per heavy atom. The summed E-state index contributed by atoms with van der Waals surface area (Å²) < 4.78 is 46.3. The van der Waals surface area contributed by atoms with Crippen LogP contribution in [-0.4, -0.2) is 76.1 Å². The number of likely N-dealkylation sites (tertiary alicyclic amines) is 1. The van der Waals surface area contributed by atoms with Crippen LogP contribution >= 0.6 is 0 Å². The first-order valence-electron chi connectivity index (χ1n) is 10.2. The van der Waals surface area contributed by atoms with E-state index in [9.17, 15) is 17.6 Å². The fraction of sp³-hybridized carbons (Fsp3) is 0.650. The van der Waals surface area contributed by atoms with Crippen molar-refractivity contribution in [3.8, 4) is 0 Å². The average molecular weight is 428 g/mol. The lowest BCUT2D eigenvalue weighted by molar-refractivity contribution is -0.134. The Morgan fingerprint density at radius 1 is 1.21 bits per heavy atom. The topological polar surface area (TPSA) is 79.0 Å². The quantitative estimate of drug-likeness (QED) is 0.713. The maximum atomic E-state index is 13.8. The average Bonchev–Trinajstić information content (AvgIpc) is 2.72. The SMILES string of the molecule is C[C@H](NS(=O)(=O)c1ccccc1F)C(=O)N1CCC(CCN2CCOCC2)CC1. The van der Waals surface area contributed by atoms with Gasteiger partial charge in [0, 0.05) is 26.2 Å². The molecule has 1 N–H and O–H groups in total. The summed E-state index contributed by atoms with van der Waals surface area (Å²) in [4.78, 5) is 16.4. The molecule has 2 heterocycles. The van der Waals surface area contributed by atoms with E-state index in [2.05, 4.69) is 9.62 Å². The third-order valence-corrected chi connectivity index (χ3v) is 7.29. The lowest BCUT2D eigenvalue weighted by Crippen LogP contribution is -2.49. The minimum absolute atomic E-state index is 0.267. The molecule has 0 aromatic heterocycles. The van der Waals surface area contributed by atoms with Crippen molar-refractivity contribution in [1.29, 1.82) is 0 Å². The highest BCUT2D eigenvalue weighted by atomic mass is 32.2. The Labute approximate surface area is 172 Å². The van der Waals surface area contributed by atoms with Gasteiger partial charge < -0.3 is 9.64 Å². The molecular weight excluding hydrogens is 397 g/mol. The molecule has 2 fully saturated rings. The summed E-state index contributed by atoms with van der Waals surface area (Å²) in [6.45, 7) is 7.37. The number of nitrogens with one attached hydrogen (secondary N) is 1. The predicted octanol–water partition coefficient (Wildman–Crippen LogP) is 1.45. The molecule has 0 unspecified atom stereocenters. The highest BCUT2D eigenvalue weighted by Gasteiger charge is 2.30.